The van der Waals surface area contributed by atoms with Gasteiger partial charge in [-0.3, -0.25) is 0 Å². The molecule has 0 saturated carbocycles. The molecule has 3 aromatic rings. The molecular formula is C16H13NO4S. The maximum atomic E-state index is 10.9. The molecular weight excluding hydrogens is 302 g/mol. The number of nitrogens with zero attached hydrogens (tertiary/aromatic N) is 1. The zero-order chi connectivity index (χ0) is 15.5. The molecule has 6 heteroatoms. The van der Waals surface area contributed by atoms with Gasteiger partial charge in [-0.05, 0) is 31.2 Å². The summed E-state index contributed by atoms with van der Waals surface area (Å²) >= 11 is 1.42. The summed E-state index contributed by atoms with van der Waals surface area (Å²) in [6.07, 6.45) is -0.958. The number of fused-ring (bicyclic) bond motifs is 1. The first kappa shape index (κ1) is 14.3. The Hall–Kier alpha value is -2.60. The van der Waals surface area contributed by atoms with Crippen LogP contribution in [0.3, 0.4) is 0 Å². The Morgan fingerprint density at radius 2 is 1.82 bits per heavy atom. The van der Waals surface area contributed by atoms with Gasteiger partial charge in [-0.1, -0.05) is 35.6 Å². The molecule has 0 aliphatic carbocycles. The van der Waals surface area contributed by atoms with Crippen LogP contribution in [0.25, 0.3) is 10.2 Å². The van der Waals surface area contributed by atoms with Gasteiger partial charge in [0, 0.05) is 0 Å². The maximum absolute atomic E-state index is 10.9. The molecule has 0 fully saturated rings. The number of hydrogen-bond acceptors (Lipinski definition) is 5. The Kier molecular flexibility index (Phi) is 3.93. The van der Waals surface area contributed by atoms with E-state index in [1.54, 1.807) is 24.3 Å². The van der Waals surface area contributed by atoms with Crippen molar-refractivity contribution in [2.24, 2.45) is 0 Å². The van der Waals surface area contributed by atoms with Gasteiger partial charge < -0.3 is 14.6 Å². The van der Waals surface area contributed by atoms with E-state index < -0.39 is 12.1 Å². The van der Waals surface area contributed by atoms with Crippen LogP contribution in [0, 0.1) is 0 Å². The third-order valence-corrected chi connectivity index (χ3v) is 3.89. The number of hydrogen-bond donors (Lipinski definition) is 1. The molecule has 112 valence electrons. The van der Waals surface area contributed by atoms with Crippen LogP contribution in [0.5, 0.6) is 16.7 Å². The SMILES string of the molecule is CC(Oc1ccccc1Oc1nc2ccccc2s1)C(=O)O. The molecule has 1 atom stereocenters. The monoisotopic (exact) mass is 315 g/mol. The van der Waals surface area contributed by atoms with Gasteiger partial charge in [-0.2, -0.15) is 0 Å². The number of aliphatic carboxylic acids is 1. The summed E-state index contributed by atoms with van der Waals surface area (Å²) < 4.78 is 12.2. The van der Waals surface area contributed by atoms with Crippen molar-refractivity contribution >= 4 is 27.5 Å². The van der Waals surface area contributed by atoms with E-state index in [9.17, 15) is 4.79 Å². The molecule has 0 aliphatic heterocycles. The first-order valence-electron chi connectivity index (χ1n) is 6.65. The fourth-order valence-corrected chi connectivity index (χ4v) is 2.69. The predicted octanol–water partition coefficient (Wildman–Crippen LogP) is 3.94. The number of benzene rings is 2. The summed E-state index contributed by atoms with van der Waals surface area (Å²) in [7, 11) is 0. The van der Waals surface area contributed by atoms with Crippen LogP contribution in [0.15, 0.2) is 48.5 Å². The predicted molar refractivity (Wildman–Crippen MR) is 83.9 cm³/mol. The standard InChI is InChI=1S/C16H13NO4S/c1-10(15(18)19)20-12-7-3-4-8-13(12)21-16-17-11-6-2-5-9-14(11)22-16/h2-10H,1H3,(H,18,19). The van der Waals surface area contributed by atoms with Crippen LogP contribution in [0.2, 0.25) is 0 Å². The molecule has 1 aromatic heterocycles. The van der Waals surface area contributed by atoms with E-state index in [0.717, 1.165) is 10.2 Å². The van der Waals surface area contributed by atoms with E-state index in [1.165, 1.54) is 18.3 Å². The molecule has 0 saturated heterocycles. The maximum Gasteiger partial charge on any atom is 0.344 e. The van der Waals surface area contributed by atoms with Gasteiger partial charge in [0.05, 0.1) is 10.2 Å². The van der Waals surface area contributed by atoms with Crippen molar-refractivity contribution in [2.45, 2.75) is 13.0 Å². The van der Waals surface area contributed by atoms with Crippen LogP contribution in [-0.2, 0) is 4.79 Å². The third-order valence-electron chi connectivity index (χ3n) is 2.97. The average molecular weight is 315 g/mol. The average Bonchev–Trinajstić information content (AvgIpc) is 2.91. The molecule has 0 spiro atoms. The van der Waals surface area contributed by atoms with E-state index in [1.807, 2.05) is 24.3 Å². The van der Waals surface area contributed by atoms with Crippen molar-refractivity contribution in [1.82, 2.24) is 4.98 Å². The van der Waals surface area contributed by atoms with Crippen LogP contribution in [0.1, 0.15) is 6.92 Å². The normalized spacial score (nSPS) is 12.0. The summed E-state index contributed by atoms with van der Waals surface area (Å²) in [5.74, 6) is -0.221. The molecule has 22 heavy (non-hydrogen) atoms. The Bertz CT molecular complexity index is 782. The summed E-state index contributed by atoms with van der Waals surface area (Å²) in [6, 6.07) is 14.7. The Labute approximate surface area is 130 Å². The number of carboxylic acids is 1. The van der Waals surface area contributed by atoms with Gasteiger partial charge in [-0.15, -0.1) is 0 Å². The van der Waals surface area contributed by atoms with Crippen molar-refractivity contribution in [3.63, 3.8) is 0 Å². The fraction of sp³-hybridized carbons (Fsp3) is 0.125. The molecule has 1 unspecified atom stereocenters. The number of ether oxygens (including phenoxy) is 2. The number of thiazole rings is 1. The lowest BCUT2D eigenvalue weighted by Gasteiger charge is -2.13. The van der Waals surface area contributed by atoms with E-state index in [0.29, 0.717) is 16.7 Å². The van der Waals surface area contributed by atoms with Gasteiger partial charge >= 0.3 is 5.97 Å². The number of para-hydroxylation sites is 3. The highest BCUT2D eigenvalue weighted by molar-refractivity contribution is 7.20. The summed E-state index contributed by atoms with van der Waals surface area (Å²) in [5, 5.41) is 9.43. The van der Waals surface area contributed by atoms with E-state index in [4.69, 9.17) is 14.6 Å². The molecule has 0 radical (unpaired) electrons. The molecule has 1 heterocycles. The van der Waals surface area contributed by atoms with Gasteiger partial charge in [0.2, 0.25) is 0 Å². The lowest BCUT2D eigenvalue weighted by atomic mass is 10.3. The minimum atomic E-state index is -1.03. The first-order chi connectivity index (χ1) is 10.6. The fourth-order valence-electron chi connectivity index (χ4n) is 1.86. The van der Waals surface area contributed by atoms with Gasteiger partial charge in [0.1, 0.15) is 0 Å². The highest BCUT2D eigenvalue weighted by atomic mass is 32.1. The van der Waals surface area contributed by atoms with E-state index in [-0.39, 0.29) is 0 Å². The van der Waals surface area contributed by atoms with Crippen molar-refractivity contribution in [1.29, 1.82) is 0 Å². The minimum absolute atomic E-state index is 0.372. The topological polar surface area (TPSA) is 68.7 Å². The molecule has 3 rings (SSSR count). The lowest BCUT2D eigenvalue weighted by molar-refractivity contribution is -0.144. The molecule has 2 aromatic carbocycles. The second kappa shape index (κ2) is 6.03. The third kappa shape index (κ3) is 3.01. The zero-order valence-corrected chi connectivity index (χ0v) is 12.5. The molecule has 5 nitrogen and oxygen atoms in total. The Morgan fingerprint density at radius 3 is 2.55 bits per heavy atom. The van der Waals surface area contributed by atoms with Crippen LogP contribution < -0.4 is 9.47 Å². The van der Waals surface area contributed by atoms with E-state index in [2.05, 4.69) is 4.98 Å². The Balaban J connectivity index is 1.87. The molecule has 0 bridgehead atoms. The van der Waals surface area contributed by atoms with Crippen molar-refractivity contribution < 1.29 is 19.4 Å². The molecule has 1 N–H and O–H groups in total. The first-order valence-corrected chi connectivity index (χ1v) is 7.47. The number of carboxylic acid groups (broad SMARTS) is 1. The minimum Gasteiger partial charge on any atom is -0.479 e. The van der Waals surface area contributed by atoms with Crippen LogP contribution in [-0.4, -0.2) is 22.2 Å². The van der Waals surface area contributed by atoms with Crippen molar-refractivity contribution in [3.8, 4) is 16.7 Å². The number of rotatable bonds is 5. The van der Waals surface area contributed by atoms with Gasteiger partial charge in [0.25, 0.3) is 5.19 Å². The summed E-state index contributed by atoms with van der Waals surface area (Å²) in [5.41, 5.74) is 0.861. The van der Waals surface area contributed by atoms with Crippen LogP contribution >= 0.6 is 11.3 Å². The quantitative estimate of drug-likeness (QED) is 0.772. The second-order valence-electron chi connectivity index (χ2n) is 4.59. The van der Waals surface area contributed by atoms with Crippen molar-refractivity contribution in [2.75, 3.05) is 0 Å². The van der Waals surface area contributed by atoms with Crippen molar-refractivity contribution in [3.05, 3.63) is 48.5 Å². The van der Waals surface area contributed by atoms with Gasteiger partial charge in [0.15, 0.2) is 17.6 Å². The highest BCUT2D eigenvalue weighted by Crippen LogP contribution is 2.35. The highest BCUT2D eigenvalue weighted by Gasteiger charge is 2.16. The van der Waals surface area contributed by atoms with E-state index >= 15 is 0 Å². The number of carbonyl (C=O) groups is 1. The second-order valence-corrected chi connectivity index (χ2v) is 5.59. The van der Waals surface area contributed by atoms with Gasteiger partial charge in [-0.25, -0.2) is 9.78 Å². The summed E-state index contributed by atoms with van der Waals surface area (Å²) in [4.78, 5) is 15.3. The zero-order valence-electron chi connectivity index (χ0n) is 11.7. The number of aromatic nitrogens is 1. The molecule has 0 amide bonds. The molecule has 0 aliphatic rings. The Morgan fingerprint density at radius 1 is 1.14 bits per heavy atom. The largest absolute Gasteiger partial charge is 0.479 e. The smallest absolute Gasteiger partial charge is 0.344 e. The summed E-state index contributed by atoms with van der Waals surface area (Å²) in [6.45, 7) is 1.47. The van der Waals surface area contributed by atoms with Crippen LogP contribution in [0.4, 0.5) is 0 Å². The lowest BCUT2D eigenvalue weighted by Crippen LogP contribution is -2.23.